The van der Waals surface area contributed by atoms with Crippen LogP contribution < -0.4 is 21.1 Å². The van der Waals surface area contributed by atoms with E-state index in [-0.39, 0.29) is 12.1 Å². The van der Waals surface area contributed by atoms with Gasteiger partial charge >= 0.3 is 0 Å². The number of nitroso groups, excluding NO2 is 1. The van der Waals surface area contributed by atoms with Gasteiger partial charge in [-0.1, -0.05) is 28.9 Å². The molecule has 1 aliphatic heterocycles. The number of hydrogen-bond donors (Lipinski definition) is 4. The molecule has 0 bridgehead atoms. The average molecular weight is 506 g/mol. The number of H-pyrrole nitrogens is 2. The summed E-state index contributed by atoms with van der Waals surface area (Å²) in [5, 5.41) is 10.5. The minimum absolute atomic E-state index is 0.199. The lowest BCUT2D eigenvalue weighted by atomic mass is 10.1. The standard InChI is InChI=1S/C26H28ClN7O2/c1-15-10-19(34-9-8-28-16(2)14-34)12-21-24(15)32-25(31-21)23-20(6-7-29-26(23)35)30-13-22(33-36)17-4-3-5-18(27)11-17/h3-7,10-12,16,22,28H,8-9,13-14H2,1-2H3,(H,31,32)(H2,29,30,35)/t16-,22-/m1/s1. The predicted octanol–water partition coefficient (Wildman–Crippen LogP) is 4.60. The first kappa shape index (κ1) is 24.0. The quantitative estimate of drug-likeness (QED) is 0.273. The zero-order valence-corrected chi connectivity index (χ0v) is 20.9. The topological polar surface area (TPSA) is 118 Å². The summed E-state index contributed by atoms with van der Waals surface area (Å²) in [4.78, 5) is 37.7. The number of halogens is 1. The second-order valence-electron chi connectivity index (χ2n) is 9.20. The summed E-state index contributed by atoms with van der Waals surface area (Å²) in [5.74, 6) is 0.460. The van der Waals surface area contributed by atoms with E-state index in [1.807, 2.05) is 6.92 Å². The summed E-state index contributed by atoms with van der Waals surface area (Å²) in [6.45, 7) is 7.21. The highest BCUT2D eigenvalue weighted by Gasteiger charge is 2.20. The molecule has 1 aliphatic rings. The highest BCUT2D eigenvalue weighted by Crippen LogP contribution is 2.30. The number of piperazine rings is 1. The minimum atomic E-state index is -0.669. The van der Waals surface area contributed by atoms with Crippen LogP contribution in [0, 0.1) is 11.8 Å². The number of rotatable bonds is 7. The molecule has 2 aromatic heterocycles. The third-order valence-electron chi connectivity index (χ3n) is 6.54. The molecule has 3 heterocycles. The number of aromatic nitrogens is 3. The van der Waals surface area contributed by atoms with Crippen molar-refractivity contribution in [2.45, 2.75) is 25.9 Å². The molecular weight excluding hydrogens is 478 g/mol. The maximum absolute atomic E-state index is 12.9. The molecule has 2 aromatic carbocycles. The third-order valence-corrected chi connectivity index (χ3v) is 6.78. The van der Waals surface area contributed by atoms with Gasteiger partial charge in [0.1, 0.15) is 17.4 Å². The Bertz CT molecular complexity index is 1460. The maximum Gasteiger partial charge on any atom is 0.261 e. The van der Waals surface area contributed by atoms with Crippen LogP contribution in [-0.2, 0) is 0 Å². The molecule has 10 heteroatoms. The molecule has 2 atom stereocenters. The monoisotopic (exact) mass is 505 g/mol. The number of benzene rings is 2. The van der Waals surface area contributed by atoms with Gasteiger partial charge in [-0.05, 0) is 55.3 Å². The molecule has 1 fully saturated rings. The molecular formula is C26H28ClN7O2. The van der Waals surface area contributed by atoms with E-state index in [0.29, 0.717) is 33.7 Å². The molecule has 0 amide bonds. The van der Waals surface area contributed by atoms with Gasteiger partial charge in [-0.3, -0.25) is 4.79 Å². The zero-order valence-electron chi connectivity index (χ0n) is 20.1. The van der Waals surface area contributed by atoms with Gasteiger partial charge in [-0.2, -0.15) is 4.91 Å². The molecule has 0 unspecified atom stereocenters. The Hall–Kier alpha value is -3.69. The van der Waals surface area contributed by atoms with Crippen LogP contribution in [0.25, 0.3) is 22.4 Å². The van der Waals surface area contributed by atoms with E-state index in [1.54, 1.807) is 36.5 Å². The Kier molecular flexibility index (Phi) is 6.75. The first-order chi connectivity index (χ1) is 17.4. The molecule has 4 N–H and O–H groups in total. The number of pyridine rings is 1. The van der Waals surface area contributed by atoms with Crippen molar-refractivity contribution in [1.29, 1.82) is 0 Å². The van der Waals surface area contributed by atoms with Gasteiger partial charge < -0.3 is 25.5 Å². The molecule has 0 radical (unpaired) electrons. The Balaban J connectivity index is 1.46. The lowest BCUT2D eigenvalue weighted by molar-refractivity contribution is 0.485. The highest BCUT2D eigenvalue weighted by molar-refractivity contribution is 6.30. The maximum atomic E-state index is 12.9. The summed E-state index contributed by atoms with van der Waals surface area (Å²) in [6.07, 6.45) is 1.56. The van der Waals surface area contributed by atoms with Crippen molar-refractivity contribution < 1.29 is 0 Å². The molecule has 0 spiro atoms. The second-order valence-corrected chi connectivity index (χ2v) is 9.63. The summed E-state index contributed by atoms with van der Waals surface area (Å²) in [7, 11) is 0. The predicted molar refractivity (Wildman–Crippen MR) is 145 cm³/mol. The number of imidazole rings is 1. The number of aromatic amines is 2. The molecule has 4 aromatic rings. The van der Waals surface area contributed by atoms with Crippen LogP contribution >= 0.6 is 11.6 Å². The summed E-state index contributed by atoms with van der Waals surface area (Å²) in [5.41, 5.74) is 5.19. The van der Waals surface area contributed by atoms with E-state index in [0.717, 1.165) is 41.9 Å². The third kappa shape index (κ3) is 4.84. The van der Waals surface area contributed by atoms with Crippen LogP contribution in [0.2, 0.25) is 5.02 Å². The van der Waals surface area contributed by atoms with Crippen LogP contribution in [0.4, 0.5) is 11.4 Å². The van der Waals surface area contributed by atoms with Gasteiger partial charge in [0.05, 0.1) is 16.7 Å². The summed E-state index contributed by atoms with van der Waals surface area (Å²) >= 11 is 6.08. The Morgan fingerprint density at radius 1 is 1.28 bits per heavy atom. The van der Waals surface area contributed by atoms with Gasteiger partial charge in [0.15, 0.2) is 0 Å². The van der Waals surface area contributed by atoms with Crippen LogP contribution in [0.5, 0.6) is 0 Å². The number of nitrogens with one attached hydrogen (secondary N) is 4. The van der Waals surface area contributed by atoms with E-state index in [4.69, 9.17) is 16.6 Å². The van der Waals surface area contributed by atoms with Crippen molar-refractivity contribution in [3.63, 3.8) is 0 Å². The van der Waals surface area contributed by atoms with Gasteiger partial charge in [0.25, 0.3) is 5.56 Å². The number of nitrogens with zero attached hydrogens (tertiary/aromatic N) is 3. The molecule has 1 saturated heterocycles. The van der Waals surface area contributed by atoms with Gasteiger partial charge in [0.2, 0.25) is 0 Å². The van der Waals surface area contributed by atoms with Crippen LogP contribution in [0.1, 0.15) is 24.1 Å². The van der Waals surface area contributed by atoms with Crippen molar-refractivity contribution in [3.8, 4) is 11.4 Å². The largest absolute Gasteiger partial charge is 0.382 e. The van der Waals surface area contributed by atoms with Crippen LogP contribution in [0.15, 0.2) is 58.6 Å². The fraction of sp³-hybridized carbons (Fsp3) is 0.308. The molecule has 186 valence electrons. The van der Waals surface area contributed by atoms with Crippen molar-refractivity contribution in [1.82, 2.24) is 20.3 Å². The van der Waals surface area contributed by atoms with E-state index in [9.17, 15) is 9.70 Å². The van der Waals surface area contributed by atoms with Crippen molar-refractivity contribution in [2.75, 3.05) is 36.4 Å². The summed E-state index contributed by atoms with van der Waals surface area (Å²) < 4.78 is 0. The van der Waals surface area contributed by atoms with E-state index >= 15 is 0 Å². The fourth-order valence-corrected chi connectivity index (χ4v) is 4.94. The lowest BCUT2D eigenvalue weighted by Gasteiger charge is -2.33. The first-order valence-corrected chi connectivity index (χ1v) is 12.3. The number of aryl methyl sites for hydroxylation is 1. The highest BCUT2D eigenvalue weighted by atomic mass is 35.5. The van der Waals surface area contributed by atoms with Crippen molar-refractivity contribution >= 4 is 34.0 Å². The SMILES string of the molecule is Cc1cc(N2CCN[C@H](C)C2)cc2[nH]c(-c3c(NC[C@@H](N=O)c4cccc(Cl)c4)cc[nH]c3=O)nc12. The summed E-state index contributed by atoms with van der Waals surface area (Å²) in [6, 6.07) is 12.8. The molecule has 5 rings (SSSR count). The van der Waals surface area contributed by atoms with Gasteiger partial charge in [0, 0.05) is 49.1 Å². The first-order valence-electron chi connectivity index (χ1n) is 12.0. The molecule has 0 saturated carbocycles. The Morgan fingerprint density at radius 3 is 2.92 bits per heavy atom. The number of fused-ring (bicyclic) bond motifs is 1. The average Bonchev–Trinajstić information content (AvgIpc) is 3.29. The number of anilines is 2. The van der Waals surface area contributed by atoms with Crippen molar-refractivity contribution in [3.05, 3.63) is 80.1 Å². The van der Waals surface area contributed by atoms with Gasteiger partial charge in [-0.15, -0.1) is 0 Å². The van der Waals surface area contributed by atoms with Crippen molar-refractivity contribution in [2.24, 2.45) is 5.18 Å². The zero-order chi connectivity index (χ0) is 25.2. The minimum Gasteiger partial charge on any atom is -0.382 e. The second kappa shape index (κ2) is 10.1. The molecule has 36 heavy (non-hydrogen) atoms. The van der Waals surface area contributed by atoms with Crippen LogP contribution in [0.3, 0.4) is 0 Å². The molecule has 9 nitrogen and oxygen atoms in total. The van der Waals surface area contributed by atoms with Gasteiger partial charge in [-0.25, -0.2) is 4.98 Å². The van der Waals surface area contributed by atoms with E-state index in [1.165, 1.54) is 0 Å². The van der Waals surface area contributed by atoms with E-state index < -0.39 is 6.04 Å². The fourth-order valence-electron chi connectivity index (χ4n) is 4.74. The van der Waals surface area contributed by atoms with Crippen LogP contribution in [-0.4, -0.2) is 47.2 Å². The Labute approximate surface area is 213 Å². The van der Waals surface area contributed by atoms with E-state index in [2.05, 4.69) is 49.7 Å². The Morgan fingerprint density at radius 2 is 2.14 bits per heavy atom. The normalized spacial score (nSPS) is 16.8. The lowest BCUT2D eigenvalue weighted by Crippen LogP contribution is -2.49. The number of hydrogen-bond acceptors (Lipinski definition) is 7. The smallest absolute Gasteiger partial charge is 0.261 e. The molecule has 0 aliphatic carbocycles.